The fourth-order valence-corrected chi connectivity index (χ4v) is 1.67. The number of halogens is 1. The number of aliphatic carboxylic acids is 1. The van der Waals surface area contributed by atoms with E-state index < -0.39 is 5.97 Å². The van der Waals surface area contributed by atoms with Crippen molar-refractivity contribution in [2.45, 2.75) is 18.8 Å². The van der Waals surface area contributed by atoms with E-state index in [-0.39, 0.29) is 18.3 Å². The quantitative estimate of drug-likeness (QED) is 0.748. The summed E-state index contributed by atoms with van der Waals surface area (Å²) in [6.07, 6.45) is 3.21. The SMILES string of the molecule is Cl.O=C(O)C1CCc2ncccc21. The minimum atomic E-state index is -0.734. The van der Waals surface area contributed by atoms with E-state index >= 15 is 0 Å². The fourth-order valence-electron chi connectivity index (χ4n) is 1.67. The molecule has 13 heavy (non-hydrogen) atoms. The van der Waals surface area contributed by atoms with Crippen molar-refractivity contribution in [3.8, 4) is 0 Å². The van der Waals surface area contributed by atoms with E-state index in [1.165, 1.54) is 0 Å². The molecule has 0 fully saturated rings. The van der Waals surface area contributed by atoms with Gasteiger partial charge >= 0.3 is 5.97 Å². The highest BCUT2D eigenvalue weighted by Crippen LogP contribution is 2.31. The molecule has 0 radical (unpaired) electrons. The third-order valence-corrected chi connectivity index (χ3v) is 2.27. The lowest BCUT2D eigenvalue weighted by Crippen LogP contribution is -2.07. The van der Waals surface area contributed by atoms with Crippen molar-refractivity contribution >= 4 is 18.4 Å². The van der Waals surface area contributed by atoms with Crippen LogP contribution in [0.25, 0.3) is 0 Å². The molecule has 0 bridgehead atoms. The van der Waals surface area contributed by atoms with Crippen LogP contribution in [-0.4, -0.2) is 16.1 Å². The van der Waals surface area contributed by atoms with Crippen LogP contribution in [0, 0.1) is 0 Å². The van der Waals surface area contributed by atoms with Gasteiger partial charge in [0.1, 0.15) is 0 Å². The first kappa shape index (κ1) is 9.99. The number of pyridine rings is 1. The highest BCUT2D eigenvalue weighted by molar-refractivity contribution is 5.85. The van der Waals surface area contributed by atoms with E-state index in [0.29, 0.717) is 6.42 Å². The zero-order chi connectivity index (χ0) is 8.55. The molecule has 1 N–H and O–H groups in total. The molecular formula is C9H10ClNO2. The Kier molecular flexibility index (Phi) is 2.88. The molecule has 0 aliphatic heterocycles. The third kappa shape index (κ3) is 1.65. The number of aromatic nitrogens is 1. The number of hydrogen-bond donors (Lipinski definition) is 1. The second kappa shape index (κ2) is 3.75. The molecular weight excluding hydrogens is 190 g/mol. The first-order valence-corrected chi connectivity index (χ1v) is 3.95. The Morgan fingerprint density at radius 3 is 3.08 bits per heavy atom. The van der Waals surface area contributed by atoms with E-state index in [0.717, 1.165) is 17.7 Å². The Bertz CT molecular complexity index is 327. The summed E-state index contributed by atoms with van der Waals surface area (Å²) in [6, 6.07) is 3.65. The highest BCUT2D eigenvalue weighted by atomic mass is 35.5. The van der Waals surface area contributed by atoms with Crippen molar-refractivity contribution in [2.24, 2.45) is 0 Å². The molecule has 70 valence electrons. The average Bonchev–Trinajstić information content (AvgIpc) is 2.47. The first-order chi connectivity index (χ1) is 5.79. The summed E-state index contributed by atoms with van der Waals surface area (Å²) < 4.78 is 0. The standard InChI is InChI=1S/C9H9NO2.ClH/c11-9(12)7-3-4-8-6(7)2-1-5-10-8;/h1-2,5,7H,3-4H2,(H,11,12);1H. The lowest BCUT2D eigenvalue weighted by molar-refractivity contribution is -0.138. The van der Waals surface area contributed by atoms with E-state index in [4.69, 9.17) is 5.11 Å². The Hall–Kier alpha value is -1.09. The van der Waals surface area contributed by atoms with Gasteiger partial charge in [0, 0.05) is 11.9 Å². The van der Waals surface area contributed by atoms with Crippen LogP contribution < -0.4 is 0 Å². The number of aryl methyl sites for hydroxylation is 1. The topological polar surface area (TPSA) is 50.2 Å². The summed E-state index contributed by atoms with van der Waals surface area (Å²) in [5.74, 6) is -1.06. The van der Waals surface area contributed by atoms with Gasteiger partial charge in [0.25, 0.3) is 0 Å². The molecule has 2 rings (SSSR count). The van der Waals surface area contributed by atoms with Crippen molar-refractivity contribution in [2.75, 3.05) is 0 Å². The molecule has 1 aliphatic rings. The van der Waals surface area contributed by atoms with Gasteiger partial charge in [0.2, 0.25) is 0 Å². The number of nitrogens with zero attached hydrogens (tertiary/aromatic N) is 1. The number of hydrogen-bond acceptors (Lipinski definition) is 2. The molecule has 1 aliphatic carbocycles. The summed E-state index contributed by atoms with van der Waals surface area (Å²) in [5, 5.41) is 8.83. The summed E-state index contributed by atoms with van der Waals surface area (Å²) in [6.45, 7) is 0. The summed E-state index contributed by atoms with van der Waals surface area (Å²) >= 11 is 0. The van der Waals surface area contributed by atoms with Crippen molar-refractivity contribution in [3.63, 3.8) is 0 Å². The molecule has 1 unspecified atom stereocenters. The van der Waals surface area contributed by atoms with Crippen LogP contribution in [0.4, 0.5) is 0 Å². The van der Waals surface area contributed by atoms with Crippen molar-refractivity contribution in [3.05, 3.63) is 29.6 Å². The molecule has 0 spiro atoms. The first-order valence-electron chi connectivity index (χ1n) is 3.95. The Labute approximate surface area is 82.2 Å². The molecule has 0 saturated carbocycles. The molecule has 4 heteroatoms. The van der Waals surface area contributed by atoms with Crippen molar-refractivity contribution < 1.29 is 9.90 Å². The number of carboxylic acids is 1. The molecule has 1 aromatic rings. The Morgan fingerprint density at radius 2 is 2.38 bits per heavy atom. The predicted octanol–water partition coefficient (Wildman–Crippen LogP) is 1.62. The number of fused-ring (bicyclic) bond motifs is 1. The Morgan fingerprint density at radius 1 is 1.62 bits per heavy atom. The van der Waals surface area contributed by atoms with Gasteiger partial charge in [-0.3, -0.25) is 9.78 Å². The van der Waals surface area contributed by atoms with Crippen LogP contribution in [0.3, 0.4) is 0 Å². The van der Waals surface area contributed by atoms with Crippen LogP contribution in [0.15, 0.2) is 18.3 Å². The van der Waals surface area contributed by atoms with E-state index in [1.54, 1.807) is 12.3 Å². The van der Waals surface area contributed by atoms with Crippen LogP contribution >= 0.6 is 12.4 Å². The third-order valence-electron chi connectivity index (χ3n) is 2.27. The van der Waals surface area contributed by atoms with Gasteiger partial charge in [0.15, 0.2) is 0 Å². The van der Waals surface area contributed by atoms with Gasteiger partial charge in [-0.1, -0.05) is 6.07 Å². The maximum atomic E-state index is 10.7. The highest BCUT2D eigenvalue weighted by Gasteiger charge is 2.28. The minimum absolute atomic E-state index is 0. The predicted molar refractivity (Wildman–Crippen MR) is 50.2 cm³/mol. The summed E-state index contributed by atoms with van der Waals surface area (Å²) in [4.78, 5) is 14.9. The normalized spacial score (nSPS) is 18.9. The second-order valence-corrected chi connectivity index (χ2v) is 2.97. The average molecular weight is 200 g/mol. The molecule has 1 atom stereocenters. The van der Waals surface area contributed by atoms with Gasteiger partial charge in [0.05, 0.1) is 5.92 Å². The number of carbonyl (C=O) groups is 1. The second-order valence-electron chi connectivity index (χ2n) is 2.97. The number of carboxylic acid groups (broad SMARTS) is 1. The molecule has 1 aromatic heterocycles. The lowest BCUT2D eigenvalue weighted by Gasteiger charge is -2.03. The summed E-state index contributed by atoms with van der Waals surface area (Å²) in [7, 11) is 0. The smallest absolute Gasteiger partial charge is 0.311 e. The molecule has 0 amide bonds. The van der Waals surface area contributed by atoms with Gasteiger partial charge in [-0.2, -0.15) is 0 Å². The lowest BCUT2D eigenvalue weighted by atomic mass is 10.0. The zero-order valence-corrected chi connectivity index (χ0v) is 7.75. The van der Waals surface area contributed by atoms with Gasteiger partial charge in [-0.05, 0) is 24.5 Å². The molecule has 0 aromatic carbocycles. The Balaban J connectivity index is 0.000000845. The largest absolute Gasteiger partial charge is 0.481 e. The van der Waals surface area contributed by atoms with E-state index in [1.807, 2.05) is 6.07 Å². The van der Waals surface area contributed by atoms with Gasteiger partial charge in [-0.25, -0.2) is 0 Å². The molecule has 0 saturated heterocycles. The van der Waals surface area contributed by atoms with Crippen LogP contribution in [0.2, 0.25) is 0 Å². The molecule has 1 heterocycles. The van der Waals surface area contributed by atoms with Gasteiger partial charge in [-0.15, -0.1) is 12.4 Å². The monoisotopic (exact) mass is 199 g/mol. The molecule has 3 nitrogen and oxygen atoms in total. The van der Waals surface area contributed by atoms with Crippen molar-refractivity contribution in [1.29, 1.82) is 0 Å². The van der Waals surface area contributed by atoms with Crippen LogP contribution in [0.1, 0.15) is 23.6 Å². The van der Waals surface area contributed by atoms with E-state index in [2.05, 4.69) is 4.98 Å². The van der Waals surface area contributed by atoms with E-state index in [9.17, 15) is 4.79 Å². The maximum absolute atomic E-state index is 10.7. The maximum Gasteiger partial charge on any atom is 0.311 e. The van der Waals surface area contributed by atoms with Crippen LogP contribution in [-0.2, 0) is 11.2 Å². The number of rotatable bonds is 1. The van der Waals surface area contributed by atoms with Gasteiger partial charge < -0.3 is 5.11 Å². The summed E-state index contributed by atoms with van der Waals surface area (Å²) in [5.41, 5.74) is 1.84. The minimum Gasteiger partial charge on any atom is -0.481 e. The van der Waals surface area contributed by atoms with Crippen LogP contribution in [0.5, 0.6) is 0 Å². The fraction of sp³-hybridized carbons (Fsp3) is 0.333. The zero-order valence-electron chi connectivity index (χ0n) is 6.93. The van der Waals surface area contributed by atoms with Crippen molar-refractivity contribution in [1.82, 2.24) is 4.98 Å².